The number of carbonyl (C=O) groups is 1. The fourth-order valence-electron chi connectivity index (χ4n) is 2.15. The first-order valence-corrected chi connectivity index (χ1v) is 6.98. The van der Waals surface area contributed by atoms with Gasteiger partial charge in [0.25, 0.3) is 0 Å². The minimum absolute atomic E-state index is 0.00708. The van der Waals surface area contributed by atoms with Crippen LogP contribution in [0.15, 0.2) is 0 Å². The highest BCUT2D eigenvalue weighted by atomic mass is 32.2. The number of hydrogen-bond acceptors (Lipinski definition) is 4. The zero-order chi connectivity index (χ0) is 11.6. The fraction of sp³-hybridized carbons (Fsp3) is 0.909. The number of hydrogen-bond donors (Lipinski definition) is 1. The average molecular weight is 244 g/mol. The standard InChI is InChI=1S/C11H20N2O2S/c1-11(2)8-13(4-5-15-11)10(14)9-7-16-6-3-12-9/h9,12H,3-8H2,1-2H3. The minimum Gasteiger partial charge on any atom is -0.372 e. The van der Waals surface area contributed by atoms with Crippen LogP contribution in [-0.4, -0.2) is 60.2 Å². The van der Waals surface area contributed by atoms with Gasteiger partial charge in [-0.1, -0.05) is 0 Å². The highest BCUT2D eigenvalue weighted by Gasteiger charge is 2.33. The van der Waals surface area contributed by atoms with Crippen LogP contribution in [0.3, 0.4) is 0 Å². The topological polar surface area (TPSA) is 41.6 Å². The Morgan fingerprint density at radius 1 is 1.56 bits per heavy atom. The summed E-state index contributed by atoms with van der Waals surface area (Å²) in [4.78, 5) is 14.2. The van der Waals surface area contributed by atoms with Crippen LogP contribution in [0.4, 0.5) is 0 Å². The molecule has 1 N–H and O–H groups in total. The van der Waals surface area contributed by atoms with Crippen molar-refractivity contribution < 1.29 is 9.53 Å². The van der Waals surface area contributed by atoms with Crippen LogP contribution in [0, 0.1) is 0 Å². The van der Waals surface area contributed by atoms with Gasteiger partial charge in [0.2, 0.25) is 5.91 Å². The van der Waals surface area contributed by atoms with Crippen LogP contribution in [-0.2, 0) is 9.53 Å². The molecule has 0 aromatic carbocycles. The van der Waals surface area contributed by atoms with Crippen molar-refractivity contribution in [2.24, 2.45) is 0 Å². The summed E-state index contributed by atoms with van der Waals surface area (Å²) in [6.45, 7) is 7.10. The first kappa shape index (κ1) is 12.2. The molecule has 0 saturated carbocycles. The summed E-state index contributed by atoms with van der Waals surface area (Å²) in [5.41, 5.74) is -0.199. The van der Waals surface area contributed by atoms with Gasteiger partial charge >= 0.3 is 0 Å². The number of rotatable bonds is 1. The Bertz CT molecular complexity index is 265. The van der Waals surface area contributed by atoms with Crippen molar-refractivity contribution in [2.45, 2.75) is 25.5 Å². The zero-order valence-electron chi connectivity index (χ0n) is 9.99. The third-order valence-electron chi connectivity index (χ3n) is 2.96. The molecule has 0 bridgehead atoms. The van der Waals surface area contributed by atoms with E-state index in [0.717, 1.165) is 24.6 Å². The van der Waals surface area contributed by atoms with Gasteiger partial charge in [0, 0.05) is 31.1 Å². The van der Waals surface area contributed by atoms with Gasteiger partial charge in [-0.15, -0.1) is 0 Å². The molecule has 5 heteroatoms. The molecule has 1 amide bonds. The largest absolute Gasteiger partial charge is 0.372 e. The van der Waals surface area contributed by atoms with Crippen molar-refractivity contribution in [3.63, 3.8) is 0 Å². The molecule has 4 nitrogen and oxygen atoms in total. The van der Waals surface area contributed by atoms with Gasteiger partial charge in [-0.3, -0.25) is 4.79 Å². The third kappa shape index (κ3) is 2.90. The lowest BCUT2D eigenvalue weighted by atomic mass is 10.1. The maximum atomic E-state index is 12.2. The van der Waals surface area contributed by atoms with Crippen LogP contribution in [0.1, 0.15) is 13.8 Å². The van der Waals surface area contributed by atoms with E-state index in [1.54, 1.807) is 0 Å². The molecular weight excluding hydrogens is 224 g/mol. The van der Waals surface area contributed by atoms with Gasteiger partial charge in [-0.2, -0.15) is 11.8 Å². The molecule has 2 saturated heterocycles. The number of thioether (sulfide) groups is 1. The minimum atomic E-state index is -0.199. The quantitative estimate of drug-likeness (QED) is 0.722. The second kappa shape index (κ2) is 4.94. The van der Waals surface area contributed by atoms with Crippen molar-refractivity contribution in [1.29, 1.82) is 0 Å². The second-order valence-corrected chi connectivity index (χ2v) is 6.10. The lowest BCUT2D eigenvalue weighted by Crippen LogP contribution is -2.57. The molecule has 0 aliphatic carbocycles. The van der Waals surface area contributed by atoms with Crippen molar-refractivity contribution in [3.8, 4) is 0 Å². The Morgan fingerprint density at radius 2 is 2.38 bits per heavy atom. The molecule has 0 radical (unpaired) electrons. The maximum absolute atomic E-state index is 12.2. The Kier molecular flexibility index (Phi) is 3.77. The first-order valence-electron chi connectivity index (χ1n) is 5.82. The molecule has 92 valence electrons. The molecule has 2 aliphatic rings. The SMILES string of the molecule is CC1(C)CN(C(=O)C2CSCCN2)CCO1. The van der Waals surface area contributed by atoms with E-state index < -0.39 is 0 Å². The van der Waals surface area contributed by atoms with Gasteiger partial charge in [-0.05, 0) is 13.8 Å². The van der Waals surface area contributed by atoms with Crippen molar-refractivity contribution in [1.82, 2.24) is 10.2 Å². The number of nitrogens with one attached hydrogen (secondary N) is 1. The summed E-state index contributed by atoms with van der Waals surface area (Å²) >= 11 is 1.85. The molecule has 1 atom stereocenters. The van der Waals surface area contributed by atoms with E-state index in [9.17, 15) is 4.79 Å². The molecule has 2 fully saturated rings. The van der Waals surface area contributed by atoms with E-state index in [1.807, 2.05) is 30.5 Å². The number of ether oxygens (including phenoxy) is 1. The van der Waals surface area contributed by atoms with Gasteiger partial charge < -0.3 is 15.0 Å². The van der Waals surface area contributed by atoms with Crippen LogP contribution in [0.5, 0.6) is 0 Å². The predicted octanol–water partition coefficient (Wildman–Crippen LogP) is 0.329. The van der Waals surface area contributed by atoms with E-state index in [-0.39, 0.29) is 17.6 Å². The van der Waals surface area contributed by atoms with Crippen molar-refractivity contribution >= 4 is 17.7 Å². The Hall–Kier alpha value is -0.260. The van der Waals surface area contributed by atoms with Crippen LogP contribution >= 0.6 is 11.8 Å². The average Bonchev–Trinajstić information content (AvgIpc) is 2.28. The molecule has 16 heavy (non-hydrogen) atoms. The summed E-state index contributed by atoms with van der Waals surface area (Å²) in [6, 6.07) is 0.00708. The lowest BCUT2D eigenvalue weighted by molar-refractivity contribution is -0.147. The molecule has 0 spiro atoms. The molecule has 2 aliphatic heterocycles. The summed E-state index contributed by atoms with van der Waals surface area (Å²) in [5, 5.41) is 3.29. The number of morpholine rings is 1. The molecule has 0 aromatic heterocycles. The number of amides is 1. The second-order valence-electron chi connectivity index (χ2n) is 4.95. The summed E-state index contributed by atoms with van der Waals surface area (Å²) in [5.74, 6) is 2.25. The van der Waals surface area contributed by atoms with Crippen molar-refractivity contribution in [3.05, 3.63) is 0 Å². The fourth-order valence-corrected chi connectivity index (χ4v) is 3.07. The zero-order valence-corrected chi connectivity index (χ0v) is 10.8. The first-order chi connectivity index (χ1) is 7.58. The van der Waals surface area contributed by atoms with E-state index in [1.165, 1.54) is 0 Å². The molecule has 2 rings (SSSR count). The smallest absolute Gasteiger partial charge is 0.240 e. The third-order valence-corrected chi connectivity index (χ3v) is 4.02. The van der Waals surface area contributed by atoms with Crippen LogP contribution in [0.25, 0.3) is 0 Å². The Balaban J connectivity index is 1.93. The highest BCUT2D eigenvalue weighted by molar-refractivity contribution is 7.99. The van der Waals surface area contributed by atoms with Crippen LogP contribution in [0.2, 0.25) is 0 Å². The van der Waals surface area contributed by atoms with Crippen LogP contribution < -0.4 is 5.32 Å². The van der Waals surface area contributed by atoms with Gasteiger partial charge in [0.05, 0.1) is 18.2 Å². The van der Waals surface area contributed by atoms with Crippen molar-refractivity contribution in [2.75, 3.05) is 37.7 Å². The molecule has 0 aromatic rings. The van der Waals surface area contributed by atoms with Gasteiger partial charge in [-0.25, -0.2) is 0 Å². The van der Waals surface area contributed by atoms with Gasteiger partial charge in [0.15, 0.2) is 0 Å². The summed E-state index contributed by atoms with van der Waals surface area (Å²) in [6.07, 6.45) is 0. The molecule has 1 unspecified atom stereocenters. The molecule has 2 heterocycles. The Labute approximate surface area is 101 Å². The maximum Gasteiger partial charge on any atom is 0.240 e. The summed E-state index contributed by atoms with van der Waals surface area (Å²) in [7, 11) is 0. The van der Waals surface area contributed by atoms with E-state index in [0.29, 0.717) is 13.2 Å². The van der Waals surface area contributed by atoms with E-state index >= 15 is 0 Å². The normalized spacial score (nSPS) is 30.1. The predicted molar refractivity (Wildman–Crippen MR) is 65.7 cm³/mol. The highest BCUT2D eigenvalue weighted by Crippen LogP contribution is 2.18. The number of nitrogens with zero attached hydrogens (tertiary/aromatic N) is 1. The van der Waals surface area contributed by atoms with E-state index in [2.05, 4.69) is 5.32 Å². The molecular formula is C11H20N2O2S. The summed E-state index contributed by atoms with van der Waals surface area (Å²) < 4.78 is 5.61. The number of carbonyl (C=O) groups excluding carboxylic acids is 1. The van der Waals surface area contributed by atoms with Gasteiger partial charge in [0.1, 0.15) is 0 Å². The lowest BCUT2D eigenvalue weighted by Gasteiger charge is -2.40. The van der Waals surface area contributed by atoms with E-state index in [4.69, 9.17) is 4.74 Å². The Morgan fingerprint density at radius 3 is 3.00 bits per heavy atom. The monoisotopic (exact) mass is 244 g/mol.